The van der Waals surface area contributed by atoms with Crippen LogP contribution in [0.15, 0.2) is 18.2 Å². The van der Waals surface area contributed by atoms with Crippen LogP contribution >= 0.6 is 0 Å². The number of benzene rings is 1. The number of nitrogens with one attached hydrogen (secondary N) is 1. The Morgan fingerprint density at radius 3 is 2.61 bits per heavy atom. The fraction of sp³-hybridized carbons (Fsp3) is 0.600. The number of rotatable bonds is 3. The van der Waals surface area contributed by atoms with Gasteiger partial charge in [-0.05, 0) is 37.5 Å². The van der Waals surface area contributed by atoms with Crippen molar-refractivity contribution in [2.75, 3.05) is 0 Å². The van der Waals surface area contributed by atoms with Gasteiger partial charge in [0.15, 0.2) is 0 Å². The van der Waals surface area contributed by atoms with Gasteiger partial charge in [0.25, 0.3) is 0 Å². The number of halogens is 1. The van der Waals surface area contributed by atoms with E-state index in [9.17, 15) is 9.50 Å². The molecule has 0 radical (unpaired) electrons. The van der Waals surface area contributed by atoms with Crippen molar-refractivity contribution >= 4 is 0 Å². The first-order valence-corrected chi connectivity index (χ1v) is 6.52. The van der Waals surface area contributed by atoms with E-state index < -0.39 is 0 Å². The smallest absolute Gasteiger partial charge is 0.126 e. The van der Waals surface area contributed by atoms with Gasteiger partial charge in [0.05, 0.1) is 6.10 Å². The molecule has 2 N–H and O–H groups in total. The molecule has 1 aliphatic rings. The van der Waals surface area contributed by atoms with Crippen LogP contribution in [-0.2, 0) is 0 Å². The van der Waals surface area contributed by atoms with E-state index in [1.807, 2.05) is 19.1 Å². The summed E-state index contributed by atoms with van der Waals surface area (Å²) >= 11 is 0. The van der Waals surface area contributed by atoms with E-state index in [2.05, 4.69) is 19.2 Å². The first-order chi connectivity index (χ1) is 8.32. The first kappa shape index (κ1) is 13.5. The van der Waals surface area contributed by atoms with E-state index in [0.29, 0.717) is 5.56 Å². The summed E-state index contributed by atoms with van der Waals surface area (Å²) in [6, 6.07) is 5.74. The lowest BCUT2D eigenvalue weighted by molar-refractivity contribution is -0.0754. The van der Waals surface area contributed by atoms with Crippen LogP contribution in [0.4, 0.5) is 4.39 Å². The summed E-state index contributed by atoms with van der Waals surface area (Å²) in [4.78, 5) is 0. The molecule has 100 valence electrons. The van der Waals surface area contributed by atoms with Gasteiger partial charge in [-0.1, -0.05) is 26.0 Å². The van der Waals surface area contributed by atoms with Gasteiger partial charge in [-0.3, -0.25) is 0 Å². The van der Waals surface area contributed by atoms with Crippen LogP contribution in [0.25, 0.3) is 0 Å². The third kappa shape index (κ3) is 2.29. The first-order valence-electron chi connectivity index (χ1n) is 6.52. The topological polar surface area (TPSA) is 32.3 Å². The molecule has 0 saturated heterocycles. The van der Waals surface area contributed by atoms with Crippen molar-refractivity contribution in [1.29, 1.82) is 0 Å². The Kier molecular flexibility index (Phi) is 3.47. The Hall–Kier alpha value is -0.930. The number of hydrogen-bond acceptors (Lipinski definition) is 2. The molecule has 18 heavy (non-hydrogen) atoms. The lowest BCUT2D eigenvalue weighted by Gasteiger charge is -2.50. The molecular weight excluding hydrogens is 229 g/mol. The Morgan fingerprint density at radius 2 is 2.11 bits per heavy atom. The Balaban J connectivity index is 2.04. The molecule has 1 saturated carbocycles. The molecule has 1 aromatic rings. The van der Waals surface area contributed by atoms with Crippen molar-refractivity contribution < 1.29 is 9.50 Å². The van der Waals surface area contributed by atoms with E-state index in [0.717, 1.165) is 12.0 Å². The van der Waals surface area contributed by atoms with Gasteiger partial charge in [-0.25, -0.2) is 4.39 Å². The number of hydrogen-bond donors (Lipinski definition) is 2. The van der Waals surface area contributed by atoms with Crippen LogP contribution in [0.5, 0.6) is 0 Å². The Morgan fingerprint density at radius 1 is 1.44 bits per heavy atom. The SMILES string of the molecule is Cc1ccc(C(C)NC2CC(O)C2(C)C)cc1F. The minimum absolute atomic E-state index is 0.0943. The van der Waals surface area contributed by atoms with Crippen molar-refractivity contribution in [3.05, 3.63) is 35.1 Å². The van der Waals surface area contributed by atoms with E-state index >= 15 is 0 Å². The van der Waals surface area contributed by atoms with Gasteiger partial charge in [0, 0.05) is 17.5 Å². The molecule has 0 heterocycles. The van der Waals surface area contributed by atoms with E-state index in [1.54, 1.807) is 13.0 Å². The monoisotopic (exact) mass is 251 g/mol. The summed E-state index contributed by atoms with van der Waals surface area (Å²) in [6.45, 7) is 7.91. The number of aliphatic hydroxyl groups is 1. The highest BCUT2D eigenvalue weighted by atomic mass is 19.1. The average Bonchev–Trinajstić information content (AvgIpc) is 2.32. The highest BCUT2D eigenvalue weighted by Crippen LogP contribution is 2.41. The van der Waals surface area contributed by atoms with E-state index in [1.165, 1.54) is 0 Å². The van der Waals surface area contributed by atoms with Gasteiger partial charge in [-0.15, -0.1) is 0 Å². The summed E-state index contributed by atoms with van der Waals surface area (Å²) in [5.74, 6) is -0.158. The standard InChI is InChI=1S/C15H22FNO/c1-9-5-6-11(7-12(9)16)10(2)17-13-8-14(18)15(13,3)4/h5-7,10,13-14,17-18H,8H2,1-4H3. The number of aryl methyl sites for hydroxylation is 1. The zero-order valence-electron chi connectivity index (χ0n) is 11.5. The molecule has 0 aromatic heterocycles. The molecule has 2 rings (SSSR count). The maximum absolute atomic E-state index is 13.5. The van der Waals surface area contributed by atoms with Gasteiger partial charge in [0.2, 0.25) is 0 Å². The lowest BCUT2D eigenvalue weighted by atomic mass is 9.64. The summed E-state index contributed by atoms with van der Waals surface area (Å²) in [6.07, 6.45) is 0.531. The third-order valence-electron chi connectivity index (χ3n) is 4.36. The fourth-order valence-electron chi connectivity index (χ4n) is 2.46. The maximum atomic E-state index is 13.5. The summed E-state index contributed by atoms with van der Waals surface area (Å²) in [7, 11) is 0. The average molecular weight is 251 g/mol. The van der Waals surface area contributed by atoms with Gasteiger partial charge in [-0.2, -0.15) is 0 Å². The number of aliphatic hydroxyl groups excluding tert-OH is 1. The highest BCUT2D eigenvalue weighted by molar-refractivity contribution is 5.25. The van der Waals surface area contributed by atoms with Crippen LogP contribution in [0.2, 0.25) is 0 Å². The molecule has 3 atom stereocenters. The van der Waals surface area contributed by atoms with Crippen molar-refractivity contribution in [2.45, 2.75) is 52.3 Å². The van der Waals surface area contributed by atoms with Crippen LogP contribution in [0, 0.1) is 18.2 Å². The summed E-state index contributed by atoms with van der Waals surface area (Å²) in [5.41, 5.74) is 1.53. The van der Waals surface area contributed by atoms with E-state index in [-0.39, 0.29) is 29.4 Å². The van der Waals surface area contributed by atoms with Crippen molar-refractivity contribution in [3.8, 4) is 0 Å². The van der Waals surface area contributed by atoms with Crippen LogP contribution in [0.3, 0.4) is 0 Å². The summed E-state index contributed by atoms with van der Waals surface area (Å²) in [5, 5.41) is 13.2. The zero-order valence-corrected chi connectivity index (χ0v) is 11.5. The molecule has 3 heteroatoms. The largest absolute Gasteiger partial charge is 0.392 e. The van der Waals surface area contributed by atoms with Crippen molar-refractivity contribution in [1.82, 2.24) is 5.32 Å². The Bertz CT molecular complexity index is 444. The zero-order chi connectivity index (χ0) is 13.5. The van der Waals surface area contributed by atoms with E-state index in [4.69, 9.17) is 0 Å². The Labute approximate surface area is 108 Å². The molecule has 0 spiro atoms. The molecule has 3 unspecified atom stereocenters. The summed E-state index contributed by atoms with van der Waals surface area (Å²) < 4.78 is 13.5. The quantitative estimate of drug-likeness (QED) is 0.865. The van der Waals surface area contributed by atoms with Crippen molar-refractivity contribution in [3.63, 3.8) is 0 Å². The predicted octanol–water partition coefficient (Wildman–Crippen LogP) is 2.94. The minimum Gasteiger partial charge on any atom is -0.392 e. The highest BCUT2D eigenvalue weighted by Gasteiger charge is 2.47. The lowest BCUT2D eigenvalue weighted by Crippen LogP contribution is -2.60. The van der Waals surface area contributed by atoms with Gasteiger partial charge in [0.1, 0.15) is 5.82 Å². The normalized spacial score (nSPS) is 27.7. The molecule has 2 nitrogen and oxygen atoms in total. The van der Waals surface area contributed by atoms with Crippen LogP contribution < -0.4 is 5.32 Å². The molecule has 1 aromatic carbocycles. The van der Waals surface area contributed by atoms with Gasteiger partial charge >= 0.3 is 0 Å². The molecule has 0 amide bonds. The second-order valence-electron chi connectivity index (χ2n) is 6.02. The molecule has 0 aliphatic heterocycles. The second kappa shape index (κ2) is 4.63. The fourth-order valence-corrected chi connectivity index (χ4v) is 2.46. The van der Waals surface area contributed by atoms with Gasteiger partial charge < -0.3 is 10.4 Å². The maximum Gasteiger partial charge on any atom is 0.126 e. The predicted molar refractivity (Wildman–Crippen MR) is 70.9 cm³/mol. The third-order valence-corrected chi connectivity index (χ3v) is 4.36. The van der Waals surface area contributed by atoms with Crippen molar-refractivity contribution in [2.24, 2.45) is 5.41 Å². The molecule has 1 fully saturated rings. The van der Waals surface area contributed by atoms with Crippen LogP contribution in [0.1, 0.15) is 44.4 Å². The second-order valence-corrected chi connectivity index (χ2v) is 6.02. The minimum atomic E-state index is -0.239. The molecule has 0 bridgehead atoms. The van der Waals surface area contributed by atoms with Crippen LogP contribution in [-0.4, -0.2) is 17.3 Å². The molecule has 1 aliphatic carbocycles. The molecular formula is C15H22FNO.